The van der Waals surface area contributed by atoms with E-state index in [1.54, 1.807) is 6.07 Å². The molecule has 0 amide bonds. The van der Waals surface area contributed by atoms with Gasteiger partial charge in [-0.1, -0.05) is 50.3 Å². The van der Waals surface area contributed by atoms with Crippen molar-refractivity contribution >= 4 is 34.2 Å². The van der Waals surface area contributed by atoms with E-state index >= 15 is 0 Å². The van der Waals surface area contributed by atoms with Gasteiger partial charge in [0.1, 0.15) is 11.3 Å². The van der Waals surface area contributed by atoms with Crippen molar-refractivity contribution in [2.75, 3.05) is 43.6 Å². The van der Waals surface area contributed by atoms with Crippen LogP contribution in [0.5, 0.6) is 0 Å². The van der Waals surface area contributed by atoms with E-state index in [-0.39, 0.29) is 5.78 Å². The number of nitrogens with zero attached hydrogens (tertiary/aromatic N) is 3. The molecule has 1 aromatic carbocycles. The lowest BCUT2D eigenvalue weighted by atomic mass is 10.0. The number of rotatable bonds is 10. The Morgan fingerprint density at radius 1 is 1.14 bits per heavy atom. The second-order valence-corrected chi connectivity index (χ2v) is 8.34. The van der Waals surface area contributed by atoms with Gasteiger partial charge in [-0.05, 0) is 30.1 Å². The molecular weight excluding hydrogens is 442 g/mol. The maximum absolute atomic E-state index is 12.5. The summed E-state index contributed by atoms with van der Waals surface area (Å²) in [6, 6.07) is 12.0. The summed E-state index contributed by atoms with van der Waals surface area (Å²) in [5.41, 5.74) is 3.35. The molecule has 0 bridgehead atoms. The molecule has 8 heteroatoms. The Morgan fingerprint density at radius 3 is 2.60 bits per heavy atom. The number of fused-ring (bicyclic) bond motifs is 1. The molecule has 0 spiro atoms. The number of carbonyl (C=O) groups is 1. The predicted octanol–water partition coefficient (Wildman–Crippen LogP) is 5.01. The van der Waals surface area contributed by atoms with Crippen molar-refractivity contribution in [3.63, 3.8) is 0 Å². The number of aromatic nitrogens is 2. The van der Waals surface area contributed by atoms with Crippen molar-refractivity contribution in [3.05, 3.63) is 65.7 Å². The van der Waals surface area contributed by atoms with Gasteiger partial charge < -0.3 is 24.7 Å². The van der Waals surface area contributed by atoms with Gasteiger partial charge in [-0.15, -0.1) is 0 Å². The van der Waals surface area contributed by atoms with Crippen LogP contribution in [0.1, 0.15) is 49.2 Å². The van der Waals surface area contributed by atoms with E-state index in [1.165, 1.54) is 0 Å². The van der Waals surface area contributed by atoms with Crippen molar-refractivity contribution in [2.24, 2.45) is 0 Å². The molecule has 1 fully saturated rings. The maximum atomic E-state index is 12.5. The fourth-order valence-electron chi connectivity index (χ4n) is 4.01. The number of allylic oxidation sites excluding steroid dienone is 3. The predicted molar refractivity (Wildman–Crippen MR) is 140 cm³/mol. The highest BCUT2D eigenvalue weighted by atomic mass is 16.5. The minimum Gasteiger partial charge on any atom is -0.447 e. The maximum Gasteiger partial charge on any atom is 0.231 e. The first-order chi connectivity index (χ1) is 17.1. The number of benzene rings is 1. The molecule has 1 aliphatic rings. The number of hydrogen-bond acceptors (Lipinski definition) is 8. The lowest BCUT2D eigenvalue weighted by Gasteiger charge is -2.27. The molecule has 184 valence electrons. The first-order valence-corrected chi connectivity index (χ1v) is 12.2. The summed E-state index contributed by atoms with van der Waals surface area (Å²) in [6.07, 6.45) is 6.33. The largest absolute Gasteiger partial charge is 0.447 e. The summed E-state index contributed by atoms with van der Waals surface area (Å²) in [4.78, 5) is 24.1. The van der Waals surface area contributed by atoms with E-state index in [0.29, 0.717) is 61.4 Å². The van der Waals surface area contributed by atoms with E-state index in [9.17, 15) is 4.79 Å². The third-order valence-corrected chi connectivity index (χ3v) is 5.76. The van der Waals surface area contributed by atoms with Gasteiger partial charge in [0, 0.05) is 32.6 Å². The Bertz CT molecular complexity index is 1210. The van der Waals surface area contributed by atoms with Gasteiger partial charge in [-0.2, -0.15) is 4.98 Å². The summed E-state index contributed by atoms with van der Waals surface area (Å²) in [7, 11) is 1.86. The molecule has 8 nitrogen and oxygen atoms in total. The van der Waals surface area contributed by atoms with Gasteiger partial charge in [0.15, 0.2) is 22.9 Å². The summed E-state index contributed by atoms with van der Waals surface area (Å²) in [5, 5.41) is 6.54. The van der Waals surface area contributed by atoms with Crippen molar-refractivity contribution in [1.82, 2.24) is 15.3 Å². The molecule has 2 aromatic heterocycles. The zero-order valence-electron chi connectivity index (χ0n) is 20.6. The lowest BCUT2D eigenvalue weighted by molar-refractivity contribution is 0.0957. The third-order valence-electron chi connectivity index (χ3n) is 5.76. The summed E-state index contributed by atoms with van der Waals surface area (Å²) < 4.78 is 11.5. The van der Waals surface area contributed by atoms with Crippen LogP contribution in [0.2, 0.25) is 0 Å². The van der Waals surface area contributed by atoms with Crippen LogP contribution in [0.15, 0.2) is 58.8 Å². The molecule has 0 radical (unpaired) electrons. The Morgan fingerprint density at radius 2 is 1.91 bits per heavy atom. The van der Waals surface area contributed by atoms with Crippen LogP contribution < -0.4 is 15.5 Å². The van der Waals surface area contributed by atoms with E-state index in [1.807, 2.05) is 38.2 Å². The molecule has 0 saturated carbocycles. The fourth-order valence-corrected chi connectivity index (χ4v) is 4.01. The first kappa shape index (κ1) is 24.5. The molecular formula is C27H33N5O3. The topological polar surface area (TPSA) is 92.5 Å². The Kier molecular flexibility index (Phi) is 8.15. The minimum absolute atomic E-state index is 0.0269. The van der Waals surface area contributed by atoms with E-state index < -0.39 is 0 Å². The fraction of sp³-hybridized carbons (Fsp3) is 0.370. The van der Waals surface area contributed by atoms with E-state index in [4.69, 9.17) is 14.1 Å². The van der Waals surface area contributed by atoms with Gasteiger partial charge in [-0.25, -0.2) is 4.98 Å². The number of nitrogens with one attached hydrogen (secondary N) is 2. The highest BCUT2D eigenvalue weighted by Crippen LogP contribution is 2.30. The summed E-state index contributed by atoms with van der Waals surface area (Å²) >= 11 is 0. The molecule has 1 saturated heterocycles. The number of hydrogen-bond donors (Lipinski definition) is 2. The number of carbonyl (C=O) groups excluding carboxylic acids is 1. The van der Waals surface area contributed by atoms with Gasteiger partial charge >= 0.3 is 0 Å². The number of morpholine rings is 1. The third kappa shape index (κ3) is 5.89. The number of furan rings is 1. The highest BCUT2D eigenvalue weighted by Gasteiger charge is 2.23. The van der Waals surface area contributed by atoms with Gasteiger partial charge in [-0.3, -0.25) is 4.79 Å². The molecule has 0 aliphatic carbocycles. The smallest absolute Gasteiger partial charge is 0.231 e. The second-order valence-electron chi connectivity index (χ2n) is 8.34. The average molecular weight is 476 g/mol. The normalized spacial score (nSPS) is 14.9. The average Bonchev–Trinajstić information content (AvgIpc) is 3.33. The summed E-state index contributed by atoms with van der Waals surface area (Å²) in [6.45, 7) is 6.70. The molecule has 2 N–H and O–H groups in total. The Hall–Kier alpha value is -3.65. The van der Waals surface area contributed by atoms with Crippen LogP contribution >= 0.6 is 0 Å². The van der Waals surface area contributed by atoms with Gasteiger partial charge in [0.05, 0.1) is 13.2 Å². The Balaban J connectivity index is 1.72. The molecule has 3 heterocycles. The standard InChI is InChI=1S/C27H33N5O3/c1-4-9-20(19-11-7-6-8-12-19)17-24(28-3)30-27-29-21-18-23(22(33)10-5-2)35-25(21)26(31-27)32-13-15-34-16-14-32/h6-9,11-12,17-18,28H,4-5,10,13-16H2,1-3H3,(H,29,30,31)/b20-9+,24-17+. The zero-order chi connectivity index (χ0) is 24.6. The lowest BCUT2D eigenvalue weighted by Crippen LogP contribution is -2.37. The van der Waals surface area contributed by atoms with Crippen LogP contribution in [0.4, 0.5) is 11.8 Å². The number of ketones is 1. The van der Waals surface area contributed by atoms with Crippen molar-refractivity contribution in [1.29, 1.82) is 0 Å². The van der Waals surface area contributed by atoms with Crippen LogP contribution in [0.3, 0.4) is 0 Å². The molecule has 0 atom stereocenters. The number of ether oxygens (including phenoxy) is 1. The second kappa shape index (κ2) is 11.7. The molecule has 4 rings (SSSR count). The van der Waals surface area contributed by atoms with Crippen LogP contribution in [0, 0.1) is 0 Å². The van der Waals surface area contributed by atoms with Gasteiger partial charge in [0.2, 0.25) is 5.95 Å². The van der Waals surface area contributed by atoms with Crippen LogP contribution in [0.25, 0.3) is 16.7 Å². The van der Waals surface area contributed by atoms with Gasteiger partial charge in [0.25, 0.3) is 0 Å². The first-order valence-electron chi connectivity index (χ1n) is 12.2. The molecule has 0 unspecified atom stereocenters. The van der Waals surface area contributed by atoms with E-state index in [0.717, 1.165) is 29.8 Å². The van der Waals surface area contributed by atoms with Crippen LogP contribution in [-0.4, -0.2) is 49.1 Å². The van der Waals surface area contributed by atoms with Crippen molar-refractivity contribution in [2.45, 2.75) is 33.1 Å². The SMILES string of the molecule is CC/C=C(\C=C(/NC)Nc1nc(N2CCOCC2)c2oc(C(=O)CCC)cc2n1)c1ccccc1. The quantitative estimate of drug-likeness (QED) is 0.312. The van der Waals surface area contributed by atoms with Crippen molar-refractivity contribution in [3.8, 4) is 0 Å². The highest BCUT2D eigenvalue weighted by molar-refractivity contribution is 5.98. The zero-order valence-corrected chi connectivity index (χ0v) is 20.6. The van der Waals surface area contributed by atoms with Crippen LogP contribution in [-0.2, 0) is 4.74 Å². The molecule has 35 heavy (non-hydrogen) atoms. The van der Waals surface area contributed by atoms with Crippen molar-refractivity contribution < 1.29 is 13.9 Å². The minimum atomic E-state index is -0.0269. The van der Waals surface area contributed by atoms with E-state index in [2.05, 4.69) is 45.6 Å². The Labute approximate surface area is 206 Å². The number of Topliss-reactive ketones (excluding diaryl/α,β-unsaturated/α-hetero) is 1. The molecule has 1 aliphatic heterocycles. The number of anilines is 2. The molecule has 3 aromatic rings. The monoisotopic (exact) mass is 475 g/mol. The summed E-state index contributed by atoms with van der Waals surface area (Å²) in [5.74, 6) is 2.15.